The Hall–Kier alpha value is -2.46. The lowest BCUT2D eigenvalue weighted by atomic mass is 9.83. The van der Waals surface area contributed by atoms with Crippen LogP contribution < -0.4 is 5.32 Å². The van der Waals surface area contributed by atoms with E-state index in [1.807, 2.05) is 0 Å². The van der Waals surface area contributed by atoms with E-state index < -0.39 is 18.0 Å². The van der Waals surface area contributed by atoms with E-state index in [-0.39, 0.29) is 23.3 Å². The number of anilines is 1. The molecule has 1 fully saturated rings. The molecular formula is C18H19F2N5O2S. The van der Waals surface area contributed by atoms with Gasteiger partial charge in [0.25, 0.3) is 12.3 Å². The van der Waals surface area contributed by atoms with Gasteiger partial charge in [0, 0.05) is 24.9 Å². The third-order valence-electron chi connectivity index (χ3n) is 5.06. The first kappa shape index (κ1) is 18.9. The quantitative estimate of drug-likeness (QED) is 0.674. The van der Waals surface area contributed by atoms with Crippen LogP contribution in [0.2, 0.25) is 0 Å². The molecule has 1 aliphatic carbocycles. The van der Waals surface area contributed by atoms with Crippen molar-refractivity contribution in [3.63, 3.8) is 0 Å². The van der Waals surface area contributed by atoms with Crippen molar-refractivity contribution in [1.82, 2.24) is 19.6 Å². The molecule has 2 N–H and O–H groups in total. The lowest BCUT2D eigenvalue weighted by Crippen LogP contribution is -2.16. The van der Waals surface area contributed by atoms with Crippen molar-refractivity contribution in [2.24, 2.45) is 5.92 Å². The van der Waals surface area contributed by atoms with E-state index >= 15 is 0 Å². The number of alkyl halides is 2. The molecule has 1 amide bonds. The van der Waals surface area contributed by atoms with Crippen molar-refractivity contribution >= 4 is 28.6 Å². The number of nitrogens with one attached hydrogen (secondary N) is 1. The summed E-state index contributed by atoms with van der Waals surface area (Å²) in [5.74, 6) is -0.328. The van der Waals surface area contributed by atoms with Crippen molar-refractivity contribution < 1.29 is 18.7 Å². The van der Waals surface area contributed by atoms with Gasteiger partial charge in [-0.2, -0.15) is 5.10 Å². The smallest absolute Gasteiger partial charge is 0.282 e. The monoisotopic (exact) mass is 407 g/mol. The first-order valence-electron chi connectivity index (χ1n) is 9.06. The Balaban J connectivity index is 1.58. The number of halogens is 2. The third-order valence-corrected chi connectivity index (χ3v) is 6.30. The predicted octanol–water partition coefficient (Wildman–Crippen LogP) is 3.64. The van der Waals surface area contributed by atoms with Crippen molar-refractivity contribution in [2.75, 3.05) is 11.9 Å². The number of carbonyl (C=O) groups excluding carboxylic acids is 1. The second-order valence-electron chi connectivity index (χ2n) is 6.87. The number of amides is 1. The SMILES string of the molecule is O=C(Nc1cnn2cccnc12)c1sc([C@H]2CC[C@H](CO)CC2)nc1C(F)F. The van der Waals surface area contributed by atoms with Crippen LogP contribution in [0.5, 0.6) is 0 Å². The van der Waals surface area contributed by atoms with Gasteiger partial charge in [0.05, 0.1) is 11.2 Å². The molecule has 3 aromatic rings. The summed E-state index contributed by atoms with van der Waals surface area (Å²) in [4.78, 5) is 20.9. The second kappa shape index (κ2) is 7.88. The average molecular weight is 407 g/mol. The number of aromatic nitrogens is 4. The summed E-state index contributed by atoms with van der Waals surface area (Å²) < 4.78 is 28.5. The summed E-state index contributed by atoms with van der Waals surface area (Å²) in [6.07, 6.45) is 5.06. The first-order chi connectivity index (χ1) is 13.6. The van der Waals surface area contributed by atoms with E-state index in [9.17, 15) is 18.7 Å². The molecule has 3 heterocycles. The molecule has 0 atom stereocenters. The Kier molecular flexibility index (Phi) is 5.31. The minimum absolute atomic E-state index is 0.0468. The van der Waals surface area contributed by atoms with Gasteiger partial charge in [-0.05, 0) is 37.7 Å². The molecule has 1 aliphatic rings. The Morgan fingerprint density at radius 3 is 2.86 bits per heavy atom. The predicted molar refractivity (Wildman–Crippen MR) is 99.8 cm³/mol. The highest BCUT2D eigenvalue weighted by atomic mass is 32.1. The van der Waals surface area contributed by atoms with Crippen LogP contribution in [0.1, 0.15) is 58.4 Å². The summed E-state index contributed by atoms with van der Waals surface area (Å²) in [6.45, 7) is 0.147. The molecule has 0 aromatic carbocycles. The Morgan fingerprint density at radius 2 is 2.14 bits per heavy atom. The van der Waals surface area contributed by atoms with Crippen molar-refractivity contribution in [3.05, 3.63) is 40.2 Å². The molecule has 3 aromatic heterocycles. The van der Waals surface area contributed by atoms with Gasteiger partial charge < -0.3 is 10.4 Å². The molecule has 10 heteroatoms. The molecule has 0 unspecified atom stereocenters. The summed E-state index contributed by atoms with van der Waals surface area (Å²) in [5.41, 5.74) is 0.303. The van der Waals surface area contributed by atoms with Crippen LogP contribution in [0.15, 0.2) is 24.7 Å². The van der Waals surface area contributed by atoms with Crippen molar-refractivity contribution in [3.8, 4) is 0 Å². The highest BCUT2D eigenvalue weighted by Crippen LogP contribution is 2.40. The number of carbonyl (C=O) groups is 1. The highest BCUT2D eigenvalue weighted by molar-refractivity contribution is 7.14. The number of nitrogens with zero attached hydrogens (tertiary/aromatic N) is 4. The van der Waals surface area contributed by atoms with Gasteiger partial charge in [-0.25, -0.2) is 23.3 Å². The van der Waals surface area contributed by atoms with Crippen molar-refractivity contribution in [1.29, 1.82) is 0 Å². The first-order valence-corrected chi connectivity index (χ1v) is 9.87. The fourth-order valence-corrected chi connectivity index (χ4v) is 4.66. The molecule has 0 bridgehead atoms. The third kappa shape index (κ3) is 3.61. The van der Waals surface area contributed by atoms with Crippen LogP contribution in [0, 0.1) is 5.92 Å². The number of hydrogen-bond acceptors (Lipinski definition) is 6. The lowest BCUT2D eigenvalue weighted by Gasteiger charge is -2.25. The highest BCUT2D eigenvalue weighted by Gasteiger charge is 2.30. The fourth-order valence-electron chi connectivity index (χ4n) is 3.52. The number of aliphatic hydroxyl groups excluding tert-OH is 1. The van der Waals surface area contributed by atoms with Crippen LogP contribution in [0.3, 0.4) is 0 Å². The molecule has 28 heavy (non-hydrogen) atoms. The van der Waals surface area contributed by atoms with Crippen LogP contribution in [-0.2, 0) is 0 Å². The summed E-state index contributed by atoms with van der Waals surface area (Å²) in [6, 6.07) is 1.70. The fraction of sp³-hybridized carbons (Fsp3) is 0.444. The molecule has 0 spiro atoms. The zero-order valence-corrected chi connectivity index (χ0v) is 15.7. The lowest BCUT2D eigenvalue weighted by molar-refractivity contribution is 0.101. The van der Waals surface area contributed by atoms with Gasteiger partial charge >= 0.3 is 0 Å². The standard InChI is InChI=1S/C18H19F2N5O2S/c19-15(20)13-14(28-18(24-13)11-4-2-10(9-26)3-5-11)17(27)23-12-8-22-25-7-1-6-21-16(12)25/h1,6-8,10-11,15,26H,2-5,9H2,(H,23,27)/t10-,11-. The molecule has 0 aliphatic heterocycles. The molecule has 0 saturated heterocycles. The van der Waals surface area contributed by atoms with Gasteiger partial charge in [0.2, 0.25) is 0 Å². The number of thiazole rings is 1. The van der Waals surface area contributed by atoms with Gasteiger partial charge in [0.1, 0.15) is 16.3 Å². The minimum atomic E-state index is -2.83. The maximum atomic E-state index is 13.5. The molecule has 1 saturated carbocycles. The molecule has 0 radical (unpaired) electrons. The molecule has 148 valence electrons. The molecular weight excluding hydrogens is 388 g/mol. The van der Waals surface area contributed by atoms with E-state index in [2.05, 4.69) is 20.4 Å². The Labute approximate surface area is 163 Å². The summed E-state index contributed by atoms with van der Waals surface area (Å²) >= 11 is 1.03. The van der Waals surface area contributed by atoms with Gasteiger partial charge in [-0.3, -0.25) is 4.79 Å². The Bertz CT molecular complexity index is 981. The van der Waals surface area contributed by atoms with E-state index in [4.69, 9.17) is 0 Å². The number of hydrogen-bond donors (Lipinski definition) is 2. The van der Waals surface area contributed by atoms with Crippen molar-refractivity contribution in [2.45, 2.75) is 38.0 Å². The zero-order valence-electron chi connectivity index (χ0n) is 14.9. The molecule has 7 nitrogen and oxygen atoms in total. The van der Waals surface area contributed by atoms with E-state index in [0.717, 1.165) is 37.0 Å². The van der Waals surface area contributed by atoms with Gasteiger partial charge in [-0.1, -0.05) is 0 Å². The largest absolute Gasteiger partial charge is 0.396 e. The zero-order chi connectivity index (χ0) is 19.7. The van der Waals surface area contributed by atoms with Gasteiger partial charge in [-0.15, -0.1) is 11.3 Å². The van der Waals surface area contributed by atoms with E-state index in [0.29, 0.717) is 16.3 Å². The van der Waals surface area contributed by atoms with Crippen LogP contribution in [-0.4, -0.2) is 37.2 Å². The topological polar surface area (TPSA) is 92.4 Å². The van der Waals surface area contributed by atoms with Gasteiger partial charge in [0.15, 0.2) is 5.65 Å². The average Bonchev–Trinajstić information content (AvgIpc) is 3.33. The minimum Gasteiger partial charge on any atom is -0.396 e. The second-order valence-corrected chi connectivity index (χ2v) is 7.90. The normalized spacial score (nSPS) is 20.0. The number of rotatable bonds is 5. The molecule has 4 rings (SSSR count). The van der Waals surface area contributed by atoms with E-state index in [1.54, 1.807) is 18.5 Å². The number of fused-ring (bicyclic) bond motifs is 1. The van der Waals surface area contributed by atoms with Crippen LogP contribution in [0.4, 0.5) is 14.5 Å². The summed E-state index contributed by atoms with van der Waals surface area (Å²) in [5, 5.41) is 16.5. The van der Waals surface area contributed by atoms with E-state index in [1.165, 1.54) is 10.7 Å². The van der Waals surface area contributed by atoms with Crippen LogP contribution >= 0.6 is 11.3 Å². The maximum absolute atomic E-state index is 13.5. The maximum Gasteiger partial charge on any atom is 0.282 e. The number of aliphatic hydroxyl groups is 1. The Morgan fingerprint density at radius 1 is 1.36 bits per heavy atom. The van der Waals surface area contributed by atoms with Crippen LogP contribution in [0.25, 0.3) is 5.65 Å². The summed E-state index contributed by atoms with van der Waals surface area (Å²) in [7, 11) is 0.